The van der Waals surface area contributed by atoms with E-state index in [0.29, 0.717) is 0 Å². The van der Waals surface area contributed by atoms with Crippen LogP contribution in [0.2, 0.25) is 0 Å². The molecule has 3 heteroatoms. The van der Waals surface area contributed by atoms with Crippen LogP contribution in [0.3, 0.4) is 0 Å². The van der Waals surface area contributed by atoms with Crippen LogP contribution in [0.5, 0.6) is 0 Å². The van der Waals surface area contributed by atoms with E-state index in [-0.39, 0.29) is 5.54 Å². The zero-order valence-electron chi connectivity index (χ0n) is 26.2. The van der Waals surface area contributed by atoms with E-state index in [1.165, 1.54) is 58.8 Å². The van der Waals surface area contributed by atoms with Crippen LogP contribution in [0, 0.1) is 0 Å². The third kappa shape index (κ3) is 4.73. The van der Waals surface area contributed by atoms with E-state index >= 15 is 0 Å². The smallest absolute Gasteiger partial charge is 0.0637 e. The maximum Gasteiger partial charge on any atom is 0.0637 e. The Bertz CT molecular complexity index is 2220. The van der Waals surface area contributed by atoms with Crippen molar-refractivity contribution in [2.75, 3.05) is 4.90 Å². The van der Waals surface area contributed by atoms with Crippen LogP contribution in [0.1, 0.15) is 41.0 Å². The zero-order valence-corrected chi connectivity index (χ0v) is 27.0. The molecule has 0 aliphatic rings. The number of rotatable bonds is 6. The first kappa shape index (κ1) is 28.2. The van der Waals surface area contributed by atoms with Gasteiger partial charge in [-0.1, -0.05) is 85.8 Å². The van der Waals surface area contributed by atoms with Gasteiger partial charge in [0, 0.05) is 54.2 Å². The molecule has 0 spiro atoms. The molecular weight excluding hydrogens is 553 g/mol. The average Bonchev–Trinajstić information content (AvgIpc) is 3.58. The van der Waals surface area contributed by atoms with Crippen LogP contribution in [0.25, 0.3) is 53.1 Å². The second-order valence-electron chi connectivity index (χ2n) is 12.7. The average molecular weight is 591 g/mol. The number of anilines is 2. The van der Waals surface area contributed by atoms with Gasteiger partial charge in [0.2, 0.25) is 0 Å². The van der Waals surface area contributed by atoms with Crippen molar-refractivity contribution in [1.29, 1.82) is 0 Å². The number of hydrogen-bond acceptors (Lipinski definition) is 2. The molecule has 218 valence electrons. The molecular formula is C41H38N2S. The summed E-state index contributed by atoms with van der Waals surface area (Å²) < 4.78 is 5.08. The molecule has 0 aliphatic carbocycles. The largest absolute Gasteiger partial charge is 0.335 e. The Labute approximate surface area is 264 Å². The molecule has 2 nitrogen and oxygen atoms in total. The van der Waals surface area contributed by atoms with Crippen LogP contribution in [-0.4, -0.2) is 4.57 Å². The van der Waals surface area contributed by atoms with Gasteiger partial charge in [-0.3, -0.25) is 0 Å². The molecule has 2 heterocycles. The molecule has 44 heavy (non-hydrogen) atoms. The van der Waals surface area contributed by atoms with E-state index in [0.717, 1.165) is 23.4 Å². The van der Waals surface area contributed by atoms with Crippen LogP contribution in [-0.2, 0) is 5.54 Å². The molecule has 7 aromatic rings. The fourth-order valence-electron chi connectivity index (χ4n) is 6.58. The minimum absolute atomic E-state index is 0.0142. The van der Waals surface area contributed by atoms with Crippen molar-refractivity contribution in [3.63, 3.8) is 0 Å². The van der Waals surface area contributed by atoms with Gasteiger partial charge in [0.15, 0.2) is 0 Å². The SMILES string of the molecule is C=C(/C=C(\C)N(c1ccc(-c2ccc3c(c2)c2ccccc2n3C(C)(C)C)cc1)c1cccc2c1sc1ccccc12)CC. The highest BCUT2D eigenvalue weighted by molar-refractivity contribution is 7.26. The van der Waals surface area contributed by atoms with Crippen LogP contribution < -0.4 is 4.90 Å². The Hall–Kier alpha value is -4.60. The predicted octanol–water partition coefficient (Wildman–Crippen LogP) is 12.6. The van der Waals surface area contributed by atoms with E-state index in [1.54, 1.807) is 0 Å². The number of benzene rings is 5. The summed E-state index contributed by atoms with van der Waals surface area (Å²) in [4.78, 5) is 2.39. The molecule has 0 saturated heterocycles. The summed E-state index contributed by atoms with van der Waals surface area (Å²) in [6.07, 6.45) is 3.14. The van der Waals surface area contributed by atoms with E-state index in [1.807, 2.05) is 11.3 Å². The standard InChI is InChI=1S/C41H38N2S/c1-7-27(2)25-28(3)42(38-17-12-15-34-33-14-9-11-18-39(33)44-40(34)38)31-22-19-29(20-23-31)30-21-24-37-35(26-30)32-13-8-10-16-36(32)43(37)41(4,5)6/h8-26H,2,7H2,1,3-6H3/b28-25+. The van der Waals surface area contributed by atoms with Gasteiger partial charge in [-0.15, -0.1) is 11.3 Å². The highest BCUT2D eigenvalue weighted by Crippen LogP contribution is 2.43. The van der Waals surface area contributed by atoms with Gasteiger partial charge in [-0.2, -0.15) is 0 Å². The third-order valence-electron chi connectivity index (χ3n) is 8.65. The van der Waals surface area contributed by atoms with Crippen molar-refractivity contribution in [3.05, 3.63) is 133 Å². The molecule has 0 radical (unpaired) electrons. The first-order valence-corrected chi connectivity index (χ1v) is 16.3. The predicted molar refractivity (Wildman–Crippen MR) is 195 cm³/mol. The molecule has 0 fully saturated rings. The second-order valence-corrected chi connectivity index (χ2v) is 13.7. The molecule has 5 aromatic carbocycles. The number of para-hydroxylation sites is 1. The third-order valence-corrected chi connectivity index (χ3v) is 9.86. The lowest BCUT2D eigenvalue weighted by atomic mass is 10.0. The molecule has 0 aliphatic heterocycles. The van der Waals surface area contributed by atoms with E-state index in [9.17, 15) is 0 Å². The Morgan fingerprint density at radius 3 is 2.16 bits per heavy atom. The van der Waals surface area contributed by atoms with E-state index in [4.69, 9.17) is 0 Å². The quantitative estimate of drug-likeness (QED) is 0.175. The van der Waals surface area contributed by atoms with Crippen molar-refractivity contribution in [2.24, 2.45) is 0 Å². The lowest BCUT2D eigenvalue weighted by Gasteiger charge is -2.27. The molecule has 2 aromatic heterocycles. The molecule has 0 bridgehead atoms. The van der Waals surface area contributed by atoms with Gasteiger partial charge in [0.05, 0.1) is 10.4 Å². The summed E-state index contributed by atoms with van der Waals surface area (Å²) in [6, 6.07) is 40.1. The summed E-state index contributed by atoms with van der Waals surface area (Å²) in [5.74, 6) is 0. The molecule has 0 amide bonds. The minimum atomic E-state index is -0.0142. The number of nitrogens with zero attached hydrogens (tertiary/aromatic N) is 2. The zero-order chi connectivity index (χ0) is 30.6. The molecule has 7 rings (SSSR count). The Balaban J connectivity index is 1.35. The first-order chi connectivity index (χ1) is 21.2. The molecule has 0 saturated carbocycles. The lowest BCUT2D eigenvalue weighted by Crippen LogP contribution is -2.21. The summed E-state index contributed by atoms with van der Waals surface area (Å²) in [7, 11) is 0. The minimum Gasteiger partial charge on any atom is -0.335 e. The second kappa shape index (κ2) is 10.8. The fourth-order valence-corrected chi connectivity index (χ4v) is 7.79. The topological polar surface area (TPSA) is 8.17 Å². The van der Waals surface area contributed by atoms with Gasteiger partial charge < -0.3 is 9.47 Å². The van der Waals surface area contributed by atoms with Gasteiger partial charge >= 0.3 is 0 Å². The lowest BCUT2D eigenvalue weighted by molar-refractivity contribution is 0.423. The number of allylic oxidation sites excluding steroid dienone is 3. The first-order valence-electron chi connectivity index (χ1n) is 15.4. The maximum absolute atomic E-state index is 4.29. The van der Waals surface area contributed by atoms with Gasteiger partial charge in [-0.05, 0) is 93.8 Å². The molecule has 0 unspecified atom stereocenters. The number of aromatic nitrogens is 1. The highest BCUT2D eigenvalue weighted by Gasteiger charge is 2.21. The number of hydrogen-bond donors (Lipinski definition) is 0. The Kier molecular flexibility index (Phi) is 6.94. The van der Waals surface area contributed by atoms with Crippen LogP contribution >= 0.6 is 11.3 Å². The summed E-state index contributed by atoms with van der Waals surface area (Å²) in [5.41, 5.74) is 9.60. The maximum atomic E-state index is 4.29. The van der Waals surface area contributed by atoms with Crippen LogP contribution in [0.4, 0.5) is 11.4 Å². The van der Waals surface area contributed by atoms with Crippen molar-refractivity contribution in [2.45, 2.75) is 46.6 Å². The van der Waals surface area contributed by atoms with Crippen molar-refractivity contribution >= 4 is 64.7 Å². The molecule has 0 N–H and O–H groups in total. The summed E-state index contributed by atoms with van der Waals surface area (Å²) >= 11 is 1.87. The fraction of sp³-hybridized carbons (Fsp3) is 0.171. The monoisotopic (exact) mass is 590 g/mol. The van der Waals surface area contributed by atoms with Crippen LogP contribution in [0.15, 0.2) is 133 Å². The van der Waals surface area contributed by atoms with Crippen molar-refractivity contribution in [1.82, 2.24) is 4.57 Å². The van der Waals surface area contributed by atoms with Crippen molar-refractivity contribution < 1.29 is 0 Å². The van der Waals surface area contributed by atoms with E-state index < -0.39 is 0 Å². The van der Waals surface area contributed by atoms with Crippen molar-refractivity contribution in [3.8, 4) is 11.1 Å². The Morgan fingerprint density at radius 2 is 1.41 bits per heavy atom. The van der Waals surface area contributed by atoms with Gasteiger partial charge in [0.1, 0.15) is 0 Å². The van der Waals surface area contributed by atoms with E-state index in [2.05, 4.69) is 166 Å². The Morgan fingerprint density at radius 1 is 0.750 bits per heavy atom. The highest BCUT2D eigenvalue weighted by atomic mass is 32.1. The summed E-state index contributed by atoms with van der Waals surface area (Å²) in [6.45, 7) is 15.5. The molecule has 0 atom stereocenters. The van der Waals surface area contributed by atoms with Gasteiger partial charge in [0.25, 0.3) is 0 Å². The number of fused-ring (bicyclic) bond motifs is 6. The van der Waals surface area contributed by atoms with Gasteiger partial charge in [-0.25, -0.2) is 0 Å². The normalized spacial score (nSPS) is 12.5. The number of thiophene rings is 1. The summed E-state index contributed by atoms with van der Waals surface area (Å²) in [5, 5.41) is 5.21.